The van der Waals surface area contributed by atoms with Gasteiger partial charge < -0.3 is 17.0 Å². The van der Waals surface area contributed by atoms with Gasteiger partial charge in [0.15, 0.2) is 0 Å². The van der Waals surface area contributed by atoms with Crippen LogP contribution in [0.5, 0.6) is 0 Å². The summed E-state index contributed by atoms with van der Waals surface area (Å²) in [6.07, 6.45) is 2.35. The first-order valence-electron chi connectivity index (χ1n) is 7.71. The summed E-state index contributed by atoms with van der Waals surface area (Å²) in [5.74, 6) is 0.629. The van der Waals surface area contributed by atoms with Crippen molar-refractivity contribution in [1.29, 1.82) is 0 Å². The maximum atomic E-state index is 11.7. The third kappa shape index (κ3) is 4.61. The molecule has 1 amide bonds. The minimum Gasteiger partial charge on any atom is -0.656 e. The second kappa shape index (κ2) is 9.76. The topological polar surface area (TPSA) is 61.9 Å². The van der Waals surface area contributed by atoms with Crippen LogP contribution >= 0.6 is 0 Å². The van der Waals surface area contributed by atoms with Gasteiger partial charge in [-0.3, -0.25) is 0 Å². The van der Waals surface area contributed by atoms with Crippen LogP contribution in [0.4, 0.5) is 0 Å². The van der Waals surface area contributed by atoms with Gasteiger partial charge in [-0.15, -0.1) is 12.1 Å². The van der Waals surface area contributed by atoms with Gasteiger partial charge in [-0.2, -0.15) is 6.92 Å². The van der Waals surface area contributed by atoms with Gasteiger partial charge in [-0.1, -0.05) is 26.0 Å². The van der Waals surface area contributed by atoms with E-state index in [2.05, 4.69) is 36.4 Å². The third-order valence-corrected chi connectivity index (χ3v) is 4.45. The Morgan fingerprint density at radius 3 is 2.36 bits per heavy atom. The fourth-order valence-corrected chi connectivity index (χ4v) is 2.83. The van der Waals surface area contributed by atoms with Crippen LogP contribution in [0, 0.1) is 25.7 Å². The van der Waals surface area contributed by atoms with Crippen molar-refractivity contribution in [2.45, 2.75) is 59.4 Å². The molecule has 1 saturated carbocycles. The number of amides is 1. The van der Waals surface area contributed by atoms with Crippen molar-refractivity contribution in [1.82, 2.24) is 15.0 Å². The average molecular weight is 381 g/mol. The number of nitrogens with zero attached hydrogens (tertiary/aromatic N) is 4. The van der Waals surface area contributed by atoms with Gasteiger partial charge in [0, 0.05) is 44.5 Å². The van der Waals surface area contributed by atoms with E-state index in [4.69, 9.17) is 0 Å². The van der Waals surface area contributed by atoms with Gasteiger partial charge in [-0.05, 0) is 25.7 Å². The van der Waals surface area contributed by atoms with E-state index in [-0.39, 0.29) is 50.5 Å². The van der Waals surface area contributed by atoms with Gasteiger partial charge in [0.1, 0.15) is 0 Å². The Bertz CT molecular complexity index is 469. The second-order valence-corrected chi connectivity index (χ2v) is 5.87. The molecule has 2 atom stereocenters. The molecule has 1 aromatic rings. The summed E-state index contributed by atoms with van der Waals surface area (Å²) in [6, 6.07) is 0.491. The van der Waals surface area contributed by atoms with Gasteiger partial charge in [0.25, 0.3) is 0 Å². The zero-order valence-corrected chi connectivity index (χ0v) is 17.5. The first kappa shape index (κ1) is 21.7. The van der Waals surface area contributed by atoms with Gasteiger partial charge >= 0.3 is 0 Å². The monoisotopic (exact) mass is 381 g/mol. The first-order chi connectivity index (χ1) is 9.95. The number of carbonyl (C=O) groups is 1. The summed E-state index contributed by atoms with van der Waals surface area (Å²) in [5, 5.41) is 12.3. The molecule has 1 aliphatic rings. The Labute approximate surface area is 159 Å². The quantitative estimate of drug-likeness (QED) is 0.748. The standard InChI is InChI=1S/C14H24N4O.C2H5.Y/c1-8-6-12(7-8)18-11(4)13(16-17-18)9(2)10(3)14(19)15-5;1-2;/h8-10,12H,6-7H2,1-5H3,(H,15,19);1H2,2H3;/q;-1;/p-1. The number of carbonyl (C=O) groups excluding carboxylic acids is 1. The normalized spacial score (nSPS) is 22.3. The molecule has 1 aliphatic carbocycles. The Hall–Kier alpha value is -0.286. The van der Waals surface area contributed by atoms with E-state index in [1.54, 1.807) is 14.0 Å². The van der Waals surface area contributed by atoms with Crippen molar-refractivity contribution in [2.75, 3.05) is 7.05 Å². The summed E-state index contributed by atoms with van der Waals surface area (Å²) >= 11 is 0. The van der Waals surface area contributed by atoms with E-state index in [1.165, 1.54) is 12.8 Å². The smallest absolute Gasteiger partial charge is 0.0890 e. The van der Waals surface area contributed by atoms with E-state index in [0.29, 0.717) is 6.04 Å². The maximum Gasteiger partial charge on any atom is 0.0890 e. The Morgan fingerprint density at radius 1 is 1.36 bits per heavy atom. The average Bonchev–Trinajstić information content (AvgIpc) is 2.85. The van der Waals surface area contributed by atoms with Crippen molar-refractivity contribution < 1.29 is 37.5 Å². The molecule has 2 unspecified atom stereocenters. The molecule has 1 radical (unpaired) electrons. The van der Waals surface area contributed by atoms with E-state index < -0.39 is 0 Å². The van der Waals surface area contributed by atoms with E-state index in [9.17, 15) is 4.79 Å². The number of hydrogen-bond donors (Lipinski definition) is 0. The SMILES string of the molecule is C[N-]C(=O)C(C)C(C)c1nnn(C2CC(C)C2)c1C.[CH2-]C.[Y]. The predicted octanol–water partition coefficient (Wildman–Crippen LogP) is 3.67. The van der Waals surface area contributed by atoms with Crippen LogP contribution in [-0.4, -0.2) is 27.9 Å². The third-order valence-electron chi connectivity index (χ3n) is 4.45. The van der Waals surface area contributed by atoms with Crippen LogP contribution in [0.3, 0.4) is 0 Å². The molecular formula is C16H28N4OY-2. The molecule has 2 rings (SSSR count). The van der Waals surface area contributed by atoms with Gasteiger partial charge in [0.2, 0.25) is 0 Å². The largest absolute Gasteiger partial charge is 0.656 e. The zero-order valence-electron chi connectivity index (χ0n) is 14.7. The molecule has 123 valence electrons. The fraction of sp³-hybridized carbons (Fsp3) is 0.750. The van der Waals surface area contributed by atoms with Crippen LogP contribution in [0.2, 0.25) is 0 Å². The zero-order chi connectivity index (χ0) is 16.2. The van der Waals surface area contributed by atoms with E-state index in [0.717, 1.165) is 17.3 Å². The summed E-state index contributed by atoms with van der Waals surface area (Å²) in [4.78, 5) is 11.7. The van der Waals surface area contributed by atoms with Crippen molar-refractivity contribution in [3.05, 3.63) is 23.6 Å². The molecule has 1 fully saturated rings. The molecule has 0 spiro atoms. The van der Waals surface area contributed by atoms with E-state index >= 15 is 0 Å². The van der Waals surface area contributed by atoms with Crippen LogP contribution in [0.15, 0.2) is 0 Å². The van der Waals surface area contributed by atoms with Gasteiger partial charge in [0.05, 0.1) is 23.3 Å². The summed E-state index contributed by atoms with van der Waals surface area (Å²) in [5.41, 5.74) is 2.03. The van der Waals surface area contributed by atoms with E-state index in [1.807, 2.05) is 18.5 Å². The molecule has 5 nitrogen and oxygen atoms in total. The minimum atomic E-state index is -0.144. The Morgan fingerprint density at radius 2 is 1.91 bits per heavy atom. The molecule has 0 aliphatic heterocycles. The molecule has 22 heavy (non-hydrogen) atoms. The predicted molar refractivity (Wildman–Crippen MR) is 85.1 cm³/mol. The van der Waals surface area contributed by atoms with Crippen molar-refractivity contribution >= 4 is 5.91 Å². The fourth-order valence-electron chi connectivity index (χ4n) is 2.83. The Balaban J connectivity index is 0.00000141. The second-order valence-electron chi connectivity index (χ2n) is 5.87. The maximum absolute atomic E-state index is 11.7. The number of rotatable bonds is 4. The first-order valence-corrected chi connectivity index (χ1v) is 7.71. The van der Waals surface area contributed by atoms with Crippen molar-refractivity contribution in [2.24, 2.45) is 11.8 Å². The van der Waals surface area contributed by atoms with Crippen LogP contribution < -0.4 is 0 Å². The number of aromatic nitrogens is 3. The number of hydrogen-bond acceptors (Lipinski definition) is 3. The van der Waals surface area contributed by atoms with Gasteiger partial charge in [-0.25, -0.2) is 4.68 Å². The summed E-state index contributed by atoms with van der Waals surface area (Å²) in [6.45, 7) is 13.2. The minimum absolute atomic E-state index is 0. The molecule has 0 N–H and O–H groups in total. The summed E-state index contributed by atoms with van der Waals surface area (Å²) < 4.78 is 2.03. The summed E-state index contributed by atoms with van der Waals surface area (Å²) in [7, 11) is 1.55. The van der Waals surface area contributed by atoms with Crippen molar-refractivity contribution in [3.8, 4) is 0 Å². The molecule has 1 aromatic heterocycles. The molecule has 0 bridgehead atoms. The molecule has 6 heteroatoms. The molecule has 0 aromatic carbocycles. The van der Waals surface area contributed by atoms with Crippen LogP contribution in [0.25, 0.3) is 5.32 Å². The Kier molecular flexibility index (Phi) is 9.64. The molecule has 0 saturated heterocycles. The molecular weight excluding hydrogens is 353 g/mol. The molecule has 1 heterocycles. The van der Waals surface area contributed by atoms with Crippen LogP contribution in [-0.2, 0) is 37.5 Å². The van der Waals surface area contributed by atoms with Crippen LogP contribution in [0.1, 0.15) is 63.9 Å². The van der Waals surface area contributed by atoms with Crippen molar-refractivity contribution in [3.63, 3.8) is 0 Å².